The zero-order chi connectivity index (χ0) is 20.5. The minimum atomic E-state index is -0.869. The standard InChI is InChI=1S/C20H33N3O4/c1-7-9-10-22-16(25)20(21-17(22)26)13-18(3,4)23(19(5,6)14-20)11-12-27-15(24)8-2/h8H,2,7,9-14H2,1,3-6H3,(H,21,26). The van der Waals surface area contributed by atoms with Crippen molar-refractivity contribution in [1.82, 2.24) is 15.1 Å². The lowest BCUT2D eigenvalue weighted by molar-refractivity contribution is -0.145. The Morgan fingerprint density at radius 3 is 2.30 bits per heavy atom. The number of unbranched alkanes of at least 4 members (excludes halogenated alkanes) is 1. The number of nitrogens with one attached hydrogen (secondary N) is 1. The predicted octanol–water partition coefficient (Wildman–Crippen LogP) is 2.46. The third kappa shape index (κ3) is 4.18. The van der Waals surface area contributed by atoms with Gasteiger partial charge in [0.05, 0.1) is 0 Å². The molecule has 2 rings (SSSR count). The van der Waals surface area contributed by atoms with E-state index in [9.17, 15) is 14.4 Å². The van der Waals surface area contributed by atoms with Crippen molar-refractivity contribution in [2.45, 2.75) is 76.9 Å². The first-order valence-electron chi connectivity index (χ1n) is 9.70. The van der Waals surface area contributed by atoms with E-state index in [0.717, 1.165) is 18.9 Å². The molecule has 2 saturated heterocycles. The number of imide groups is 1. The molecule has 1 spiro atoms. The first-order valence-corrected chi connectivity index (χ1v) is 9.70. The maximum Gasteiger partial charge on any atom is 0.330 e. The SMILES string of the molecule is C=CC(=O)OCCN1C(C)(C)CC2(CC1(C)C)NC(=O)N(CCCC)C2=O. The van der Waals surface area contributed by atoms with Crippen molar-refractivity contribution >= 4 is 17.9 Å². The van der Waals surface area contributed by atoms with Crippen LogP contribution in [0, 0.1) is 0 Å². The fourth-order valence-corrected chi connectivity index (χ4v) is 4.89. The molecule has 7 heteroatoms. The van der Waals surface area contributed by atoms with Crippen molar-refractivity contribution in [2.24, 2.45) is 0 Å². The first kappa shape index (κ1) is 21.4. The van der Waals surface area contributed by atoms with Gasteiger partial charge in [-0.05, 0) is 47.0 Å². The van der Waals surface area contributed by atoms with E-state index in [1.807, 2.05) is 6.92 Å². The molecule has 27 heavy (non-hydrogen) atoms. The van der Waals surface area contributed by atoms with E-state index < -0.39 is 11.5 Å². The quantitative estimate of drug-likeness (QED) is 0.418. The van der Waals surface area contributed by atoms with E-state index in [1.165, 1.54) is 4.90 Å². The molecule has 0 saturated carbocycles. The number of carbonyl (C=O) groups excluding carboxylic acids is 3. The third-order valence-corrected chi connectivity index (χ3v) is 5.64. The molecule has 0 aromatic carbocycles. The van der Waals surface area contributed by atoms with Gasteiger partial charge in [-0.1, -0.05) is 19.9 Å². The number of urea groups is 1. The zero-order valence-corrected chi connectivity index (χ0v) is 17.3. The minimum absolute atomic E-state index is 0.111. The van der Waals surface area contributed by atoms with Gasteiger partial charge in [-0.25, -0.2) is 9.59 Å². The van der Waals surface area contributed by atoms with Gasteiger partial charge in [0.25, 0.3) is 5.91 Å². The van der Waals surface area contributed by atoms with Gasteiger partial charge in [-0.2, -0.15) is 0 Å². The average Bonchev–Trinajstić information content (AvgIpc) is 2.76. The van der Waals surface area contributed by atoms with Gasteiger partial charge in [0, 0.05) is 30.2 Å². The largest absolute Gasteiger partial charge is 0.461 e. The summed E-state index contributed by atoms with van der Waals surface area (Å²) in [5.41, 5.74) is -1.58. The molecule has 1 N–H and O–H groups in total. The van der Waals surface area contributed by atoms with Crippen LogP contribution in [0.15, 0.2) is 12.7 Å². The topological polar surface area (TPSA) is 79.0 Å². The van der Waals surface area contributed by atoms with Gasteiger partial charge in [-0.15, -0.1) is 0 Å². The molecule has 0 atom stereocenters. The molecule has 152 valence electrons. The van der Waals surface area contributed by atoms with Crippen LogP contribution in [0.5, 0.6) is 0 Å². The summed E-state index contributed by atoms with van der Waals surface area (Å²) in [6.07, 6.45) is 3.93. The normalized spacial score (nSPS) is 23.4. The van der Waals surface area contributed by atoms with Crippen LogP contribution in [0.4, 0.5) is 4.79 Å². The molecule has 2 heterocycles. The van der Waals surface area contributed by atoms with E-state index >= 15 is 0 Å². The maximum atomic E-state index is 13.2. The molecule has 0 aromatic rings. The monoisotopic (exact) mass is 379 g/mol. The van der Waals surface area contributed by atoms with Crippen LogP contribution in [0.2, 0.25) is 0 Å². The van der Waals surface area contributed by atoms with Crippen LogP contribution in [-0.4, -0.2) is 64.0 Å². The predicted molar refractivity (Wildman–Crippen MR) is 103 cm³/mol. The summed E-state index contributed by atoms with van der Waals surface area (Å²) < 4.78 is 5.15. The molecular formula is C20H33N3O4. The molecule has 0 aromatic heterocycles. The molecule has 2 aliphatic rings. The lowest BCUT2D eigenvalue weighted by Crippen LogP contribution is -2.70. The van der Waals surface area contributed by atoms with Gasteiger partial charge >= 0.3 is 12.0 Å². The number of hydrogen-bond acceptors (Lipinski definition) is 5. The molecular weight excluding hydrogens is 346 g/mol. The lowest BCUT2D eigenvalue weighted by Gasteiger charge is -2.57. The van der Waals surface area contributed by atoms with Gasteiger partial charge in [0.15, 0.2) is 0 Å². The van der Waals surface area contributed by atoms with Gasteiger partial charge in [0.2, 0.25) is 0 Å². The molecule has 7 nitrogen and oxygen atoms in total. The Labute approximate surface area is 162 Å². The fraction of sp³-hybridized carbons (Fsp3) is 0.750. The Bertz CT molecular complexity index is 609. The van der Waals surface area contributed by atoms with Crippen molar-refractivity contribution < 1.29 is 19.1 Å². The maximum absolute atomic E-state index is 13.2. The van der Waals surface area contributed by atoms with Crippen LogP contribution in [0.1, 0.15) is 60.3 Å². The van der Waals surface area contributed by atoms with Crippen LogP contribution < -0.4 is 5.32 Å². The summed E-state index contributed by atoms with van der Waals surface area (Å²) in [5, 5.41) is 3.01. The van der Waals surface area contributed by atoms with Crippen molar-refractivity contribution in [2.75, 3.05) is 19.7 Å². The Balaban J connectivity index is 2.19. The number of esters is 1. The third-order valence-electron chi connectivity index (χ3n) is 5.64. The Morgan fingerprint density at radius 1 is 1.19 bits per heavy atom. The fourth-order valence-electron chi connectivity index (χ4n) is 4.89. The second kappa shape index (κ2) is 7.62. The lowest BCUT2D eigenvalue weighted by atomic mass is 9.69. The molecule has 2 fully saturated rings. The van der Waals surface area contributed by atoms with Crippen LogP contribution >= 0.6 is 0 Å². The second-order valence-corrected chi connectivity index (χ2v) is 8.82. The second-order valence-electron chi connectivity index (χ2n) is 8.82. The van der Waals surface area contributed by atoms with E-state index in [1.54, 1.807) is 0 Å². The van der Waals surface area contributed by atoms with Gasteiger partial charge < -0.3 is 10.1 Å². The van der Waals surface area contributed by atoms with Crippen LogP contribution in [0.3, 0.4) is 0 Å². The van der Waals surface area contributed by atoms with Crippen LogP contribution in [-0.2, 0) is 14.3 Å². The Hall–Kier alpha value is -1.89. The number of nitrogens with zero attached hydrogens (tertiary/aromatic N) is 2. The number of ether oxygens (including phenoxy) is 1. The van der Waals surface area contributed by atoms with E-state index in [-0.39, 0.29) is 29.6 Å². The summed E-state index contributed by atoms with van der Waals surface area (Å²) in [5.74, 6) is -0.552. The Kier molecular flexibility index (Phi) is 6.04. The van der Waals surface area contributed by atoms with Gasteiger partial charge in [-0.3, -0.25) is 14.6 Å². The smallest absolute Gasteiger partial charge is 0.330 e. The molecule has 0 radical (unpaired) electrons. The highest BCUT2D eigenvalue weighted by atomic mass is 16.5. The molecule has 0 aliphatic carbocycles. The molecule has 0 bridgehead atoms. The van der Waals surface area contributed by atoms with Crippen molar-refractivity contribution in [3.8, 4) is 0 Å². The first-order chi connectivity index (χ1) is 12.5. The van der Waals surface area contributed by atoms with E-state index in [0.29, 0.717) is 25.9 Å². The number of likely N-dealkylation sites (tertiary alicyclic amines) is 1. The van der Waals surface area contributed by atoms with Crippen LogP contribution in [0.25, 0.3) is 0 Å². The number of rotatable bonds is 7. The minimum Gasteiger partial charge on any atom is -0.461 e. The molecule has 3 amide bonds. The van der Waals surface area contributed by atoms with Crippen molar-refractivity contribution in [3.05, 3.63) is 12.7 Å². The highest BCUT2D eigenvalue weighted by Gasteiger charge is 2.60. The highest BCUT2D eigenvalue weighted by molar-refractivity contribution is 6.07. The molecule has 0 unspecified atom stereocenters. The van der Waals surface area contributed by atoms with Crippen molar-refractivity contribution in [3.63, 3.8) is 0 Å². The number of hydrogen-bond donors (Lipinski definition) is 1. The Morgan fingerprint density at radius 2 is 1.78 bits per heavy atom. The van der Waals surface area contributed by atoms with E-state index in [4.69, 9.17) is 4.74 Å². The summed E-state index contributed by atoms with van der Waals surface area (Å²) in [7, 11) is 0. The number of carbonyl (C=O) groups is 3. The number of piperidine rings is 1. The van der Waals surface area contributed by atoms with Gasteiger partial charge in [0.1, 0.15) is 12.1 Å². The summed E-state index contributed by atoms with van der Waals surface area (Å²) >= 11 is 0. The van der Waals surface area contributed by atoms with Crippen molar-refractivity contribution in [1.29, 1.82) is 0 Å². The highest BCUT2D eigenvalue weighted by Crippen LogP contribution is 2.45. The van der Waals surface area contributed by atoms with E-state index in [2.05, 4.69) is 44.5 Å². The molecule has 2 aliphatic heterocycles. The summed E-state index contributed by atoms with van der Waals surface area (Å²) in [4.78, 5) is 40.6. The number of amides is 3. The average molecular weight is 380 g/mol. The summed E-state index contributed by atoms with van der Waals surface area (Å²) in [6, 6.07) is -0.284. The zero-order valence-electron chi connectivity index (χ0n) is 17.3. The summed E-state index contributed by atoms with van der Waals surface area (Å²) in [6.45, 7) is 15.0.